The highest BCUT2D eigenvalue weighted by Gasteiger charge is 2.69. The second kappa shape index (κ2) is 7.87. The summed E-state index contributed by atoms with van der Waals surface area (Å²) < 4.78 is 0. The Balaban J connectivity index is 1.84. The highest BCUT2D eigenvalue weighted by atomic mass is 16.4. The number of amides is 2. The largest absolute Gasteiger partial charge is 0.481 e. The first-order chi connectivity index (χ1) is 15.2. The molecule has 4 atom stereocenters. The second-order valence-corrected chi connectivity index (χ2v) is 8.58. The molecule has 0 radical (unpaired) electrons. The van der Waals surface area contributed by atoms with Crippen molar-refractivity contribution in [3.63, 3.8) is 0 Å². The highest BCUT2D eigenvalue weighted by molar-refractivity contribution is 6.10. The molecule has 32 heavy (non-hydrogen) atoms. The van der Waals surface area contributed by atoms with E-state index in [-0.39, 0.29) is 6.54 Å². The molecule has 2 fully saturated rings. The Morgan fingerprint density at radius 1 is 1.03 bits per heavy atom. The predicted molar refractivity (Wildman–Crippen MR) is 113 cm³/mol. The van der Waals surface area contributed by atoms with Crippen molar-refractivity contribution in [2.45, 2.75) is 38.4 Å². The van der Waals surface area contributed by atoms with Crippen LogP contribution in [0.3, 0.4) is 0 Å². The van der Waals surface area contributed by atoms with Gasteiger partial charge in [0.1, 0.15) is 5.54 Å². The Hall–Kier alpha value is -3.52. The lowest BCUT2D eigenvalue weighted by molar-refractivity contribution is -0.156. The summed E-state index contributed by atoms with van der Waals surface area (Å²) in [6.07, 6.45) is -0.816. The molecule has 166 valence electrons. The normalized spacial score (nSPS) is 26.9. The zero-order valence-electron chi connectivity index (χ0n) is 17.7. The number of hydrogen-bond acceptors (Lipinski definition) is 5. The number of carboxylic acid groups (broad SMARTS) is 2. The topological polar surface area (TPSA) is 124 Å². The van der Waals surface area contributed by atoms with Crippen molar-refractivity contribution in [3.05, 3.63) is 70.8 Å². The molecule has 2 saturated heterocycles. The van der Waals surface area contributed by atoms with Crippen LogP contribution in [0.5, 0.6) is 0 Å². The molecular formula is C24H24N2O6. The lowest BCUT2D eigenvalue weighted by Crippen LogP contribution is -2.56. The van der Waals surface area contributed by atoms with Crippen molar-refractivity contribution in [1.29, 1.82) is 0 Å². The fraction of sp³-hybridized carbons (Fsp3) is 0.333. The Labute approximate surface area is 184 Å². The van der Waals surface area contributed by atoms with E-state index in [1.807, 2.05) is 38.1 Å². The number of rotatable bonds is 6. The van der Waals surface area contributed by atoms with Crippen LogP contribution < -0.4 is 5.32 Å². The van der Waals surface area contributed by atoms with Crippen molar-refractivity contribution in [1.82, 2.24) is 10.2 Å². The molecule has 2 aromatic carbocycles. The standard InChI is InChI=1S/C24H24N2O6/c1-13-8-9-14(2)16(10-13)20-18-19(24(25-20,23(31)32)11-17(27)28)22(30)26(21(18)29)12-15-6-4-3-5-7-15/h3-10,18-20,25H,11-12H2,1-2H3,(H,27,28)(H,31,32). The van der Waals surface area contributed by atoms with Crippen LogP contribution in [0.15, 0.2) is 48.5 Å². The molecule has 8 heteroatoms. The summed E-state index contributed by atoms with van der Waals surface area (Å²) in [4.78, 5) is 52.1. The maximum atomic E-state index is 13.5. The quantitative estimate of drug-likeness (QED) is 0.592. The van der Waals surface area contributed by atoms with E-state index in [4.69, 9.17) is 0 Å². The number of carbonyl (C=O) groups is 4. The van der Waals surface area contributed by atoms with E-state index in [0.717, 1.165) is 21.6 Å². The molecule has 2 aromatic rings. The minimum atomic E-state index is -2.09. The lowest BCUT2D eigenvalue weighted by atomic mass is 9.77. The van der Waals surface area contributed by atoms with Crippen LogP contribution in [0.2, 0.25) is 0 Å². The third-order valence-electron chi connectivity index (χ3n) is 6.51. The molecule has 2 aliphatic heterocycles. The SMILES string of the molecule is Cc1ccc(C)c(C2NC(CC(=O)O)(C(=O)O)C3C(=O)N(Cc4ccccc4)C(=O)C23)c1. The van der Waals surface area contributed by atoms with Gasteiger partial charge in [0.2, 0.25) is 11.8 Å². The summed E-state index contributed by atoms with van der Waals surface area (Å²) in [5.41, 5.74) is 1.06. The van der Waals surface area contributed by atoms with E-state index < -0.39 is 53.6 Å². The van der Waals surface area contributed by atoms with Crippen LogP contribution in [0.25, 0.3) is 0 Å². The molecule has 0 saturated carbocycles. The third-order valence-corrected chi connectivity index (χ3v) is 6.51. The summed E-state index contributed by atoms with van der Waals surface area (Å²) in [7, 11) is 0. The molecule has 2 aliphatic rings. The van der Waals surface area contributed by atoms with Gasteiger partial charge < -0.3 is 10.2 Å². The molecule has 0 spiro atoms. The van der Waals surface area contributed by atoms with Gasteiger partial charge in [0, 0.05) is 6.04 Å². The number of carbonyl (C=O) groups excluding carboxylic acids is 2. The molecule has 2 amide bonds. The Morgan fingerprint density at radius 2 is 1.72 bits per heavy atom. The molecular weight excluding hydrogens is 412 g/mol. The Kier molecular flexibility index (Phi) is 5.34. The summed E-state index contributed by atoms with van der Waals surface area (Å²) in [5.74, 6) is -6.30. The van der Waals surface area contributed by atoms with E-state index in [2.05, 4.69) is 5.32 Å². The number of nitrogens with one attached hydrogen (secondary N) is 1. The van der Waals surface area contributed by atoms with E-state index in [9.17, 15) is 29.4 Å². The van der Waals surface area contributed by atoms with Crippen LogP contribution in [0.1, 0.15) is 34.7 Å². The summed E-state index contributed by atoms with van der Waals surface area (Å²) in [6.45, 7) is 3.72. The molecule has 0 bridgehead atoms. The zero-order valence-corrected chi connectivity index (χ0v) is 17.7. The first kappa shape index (κ1) is 21.7. The van der Waals surface area contributed by atoms with Crippen molar-refractivity contribution in [2.24, 2.45) is 11.8 Å². The highest BCUT2D eigenvalue weighted by Crippen LogP contribution is 2.51. The van der Waals surface area contributed by atoms with Gasteiger partial charge in [-0.2, -0.15) is 0 Å². The summed E-state index contributed by atoms with van der Waals surface area (Å²) in [5, 5.41) is 22.5. The third kappa shape index (κ3) is 3.36. The van der Waals surface area contributed by atoms with Crippen LogP contribution in [-0.4, -0.2) is 44.4 Å². The maximum Gasteiger partial charge on any atom is 0.325 e. The number of carboxylic acids is 2. The number of imide groups is 1. The van der Waals surface area contributed by atoms with Crippen molar-refractivity contribution in [3.8, 4) is 0 Å². The zero-order chi connectivity index (χ0) is 23.2. The van der Waals surface area contributed by atoms with Crippen LogP contribution in [0.4, 0.5) is 0 Å². The molecule has 0 aromatic heterocycles. The fourth-order valence-electron chi connectivity index (χ4n) is 5.02. The number of fused-ring (bicyclic) bond motifs is 1. The minimum Gasteiger partial charge on any atom is -0.481 e. The van der Waals surface area contributed by atoms with Crippen molar-refractivity contribution in [2.75, 3.05) is 0 Å². The lowest BCUT2D eigenvalue weighted by Gasteiger charge is -2.30. The number of aliphatic carboxylic acids is 2. The molecule has 8 nitrogen and oxygen atoms in total. The predicted octanol–water partition coefficient (Wildman–Crippen LogP) is 2.05. The van der Waals surface area contributed by atoms with Crippen LogP contribution >= 0.6 is 0 Å². The van der Waals surface area contributed by atoms with Gasteiger partial charge in [-0.3, -0.25) is 29.4 Å². The monoisotopic (exact) mass is 436 g/mol. The van der Waals surface area contributed by atoms with Gasteiger partial charge in [0.15, 0.2) is 0 Å². The first-order valence-corrected chi connectivity index (χ1v) is 10.3. The van der Waals surface area contributed by atoms with Gasteiger partial charge in [-0.05, 0) is 30.5 Å². The van der Waals surface area contributed by atoms with Gasteiger partial charge >= 0.3 is 11.9 Å². The molecule has 4 unspecified atom stereocenters. The Morgan fingerprint density at radius 3 is 2.34 bits per heavy atom. The number of benzene rings is 2. The van der Waals surface area contributed by atoms with Gasteiger partial charge in [0.25, 0.3) is 0 Å². The van der Waals surface area contributed by atoms with E-state index in [1.54, 1.807) is 24.3 Å². The minimum absolute atomic E-state index is 0.00773. The number of likely N-dealkylation sites (tertiary alicyclic amines) is 1. The van der Waals surface area contributed by atoms with Gasteiger partial charge in [0.05, 0.1) is 24.8 Å². The van der Waals surface area contributed by atoms with E-state index in [0.29, 0.717) is 5.56 Å². The van der Waals surface area contributed by atoms with Gasteiger partial charge in [-0.25, -0.2) is 0 Å². The van der Waals surface area contributed by atoms with Crippen LogP contribution in [-0.2, 0) is 25.7 Å². The number of nitrogens with zero attached hydrogens (tertiary/aromatic N) is 1. The van der Waals surface area contributed by atoms with Gasteiger partial charge in [-0.15, -0.1) is 0 Å². The average Bonchev–Trinajstić information content (AvgIpc) is 3.20. The number of aryl methyl sites for hydroxylation is 2. The molecule has 4 rings (SSSR count). The van der Waals surface area contributed by atoms with Crippen molar-refractivity contribution >= 4 is 23.8 Å². The Bertz CT molecular complexity index is 1110. The maximum absolute atomic E-state index is 13.5. The number of hydrogen-bond donors (Lipinski definition) is 3. The summed E-state index contributed by atoms with van der Waals surface area (Å²) in [6, 6.07) is 13.7. The average molecular weight is 436 g/mol. The molecule has 3 N–H and O–H groups in total. The smallest absolute Gasteiger partial charge is 0.325 e. The van der Waals surface area contributed by atoms with E-state index >= 15 is 0 Å². The molecule has 0 aliphatic carbocycles. The van der Waals surface area contributed by atoms with Crippen molar-refractivity contribution < 1.29 is 29.4 Å². The summed E-state index contributed by atoms with van der Waals surface area (Å²) >= 11 is 0. The molecule has 2 heterocycles. The van der Waals surface area contributed by atoms with Crippen LogP contribution in [0, 0.1) is 25.7 Å². The fourth-order valence-corrected chi connectivity index (χ4v) is 5.02. The van der Waals surface area contributed by atoms with E-state index in [1.165, 1.54) is 0 Å². The van der Waals surface area contributed by atoms with Gasteiger partial charge in [-0.1, -0.05) is 54.1 Å². The first-order valence-electron chi connectivity index (χ1n) is 10.3. The second-order valence-electron chi connectivity index (χ2n) is 8.58.